The predicted molar refractivity (Wildman–Crippen MR) is 85.1 cm³/mol. The van der Waals surface area contributed by atoms with Gasteiger partial charge in [0.05, 0.1) is 5.56 Å². The monoisotopic (exact) mass is 274 g/mol. The molecule has 110 valence electrons. The van der Waals surface area contributed by atoms with Gasteiger partial charge in [-0.25, -0.2) is 4.39 Å². The van der Waals surface area contributed by atoms with Gasteiger partial charge in [0.15, 0.2) is 0 Å². The van der Waals surface area contributed by atoms with E-state index in [1.807, 2.05) is 6.07 Å². The van der Waals surface area contributed by atoms with Gasteiger partial charge in [0, 0.05) is 6.42 Å². The normalized spacial score (nSPS) is 10.1. The van der Waals surface area contributed by atoms with E-state index in [1.54, 1.807) is 12.1 Å². The van der Waals surface area contributed by atoms with Crippen LogP contribution in [-0.2, 0) is 0 Å². The first-order valence-corrected chi connectivity index (χ1v) is 8.08. The Balaban J connectivity index is 1.99. The van der Waals surface area contributed by atoms with Gasteiger partial charge in [0.25, 0.3) is 0 Å². The molecule has 0 aromatic heterocycles. The number of unbranched alkanes of at least 4 members (excludes halogenated alkanes) is 9. The largest absolute Gasteiger partial charge is 0.206 e. The Bertz CT molecular complexity index is 411. The number of hydrogen-bond acceptors (Lipinski definition) is 0. The topological polar surface area (TPSA) is 0 Å². The van der Waals surface area contributed by atoms with Gasteiger partial charge in [-0.15, -0.1) is 0 Å². The predicted octanol–water partition coefficient (Wildman–Crippen LogP) is 6.10. The maximum absolute atomic E-state index is 13.3. The van der Waals surface area contributed by atoms with E-state index in [0.29, 0.717) is 5.56 Å². The van der Waals surface area contributed by atoms with Gasteiger partial charge in [-0.3, -0.25) is 0 Å². The van der Waals surface area contributed by atoms with Gasteiger partial charge in [-0.1, -0.05) is 82.3 Å². The highest BCUT2D eigenvalue weighted by Crippen LogP contribution is 2.10. The lowest BCUT2D eigenvalue weighted by Crippen LogP contribution is -1.82. The first-order valence-electron chi connectivity index (χ1n) is 8.08. The summed E-state index contributed by atoms with van der Waals surface area (Å²) in [6, 6.07) is 6.72. The fourth-order valence-electron chi connectivity index (χ4n) is 2.24. The Hall–Kier alpha value is -1.29. The Kier molecular flexibility index (Phi) is 9.66. The van der Waals surface area contributed by atoms with E-state index < -0.39 is 0 Å². The summed E-state index contributed by atoms with van der Waals surface area (Å²) in [5.41, 5.74) is 0.517. The summed E-state index contributed by atoms with van der Waals surface area (Å²) in [6.07, 6.45) is 12.8. The highest BCUT2D eigenvalue weighted by atomic mass is 19.1. The van der Waals surface area contributed by atoms with E-state index in [-0.39, 0.29) is 5.82 Å². The molecule has 1 heteroatoms. The van der Waals surface area contributed by atoms with Crippen molar-refractivity contribution in [2.75, 3.05) is 0 Å². The standard InChI is InChI=1S/C19H27F/c1-2-3-4-5-6-7-8-9-10-11-12-15-18-16-13-14-17-19(18)20/h13-14,16-17H,2-11H2,1H3. The highest BCUT2D eigenvalue weighted by Gasteiger charge is 1.94. The summed E-state index contributed by atoms with van der Waals surface area (Å²) < 4.78 is 13.3. The first-order chi connectivity index (χ1) is 9.84. The molecule has 0 amide bonds. The van der Waals surface area contributed by atoms with Crippen LogP contribution in [0.25, 0.3) is 0 Å². The summed E-state index contributed by atoms with van der Waals surface area (Å²) in [7, 11) is 0. The van der Waals surface area contributed by atoms with Crippen molar-refractivity contribution in [2.45, 2.75) is 71.1 Å². The molecular formula is C19H27F. The number of halogens is 1. The average molecular weight is 274 g/mol. The van der Waals surface area contributed by atoms with Crippen LogP contribution in [0.2, 0.25) is 0 Å². The summed E-state index contributed by atoms with van der Waals surface area (Å²) in [5, 5.41) is 0. The van der Waals surface area contributed by atoms with E-state index in [1.165, 1.54) is 57.4 Å². The number of hydrogen-bond donors (Lipinski definition) is 0. The van der Waals surface area contributed by atoms with Gasteiger partial charge in [-0.05, 0) is 18.6 Å². The molecule has 1 aromatic rings. The van der Waals surface area contributed by atoms with Gasteiger partial charge in [0.2, 0.25) is 0 Å². The zero-order valence-electron chi connectivity index (χ0n) is 12.8. The van der Waals surface area contributed by atoms with Crippen molar-refractivity contribution in [2.24, 2.45) is 0 Å². The summed E-state index contributed by atoms with van der Waals surface area (Å²) >= 11 is 0. The molecule has 0 bridgehead atoms. The second-order valence-electron chi connectivity index (χ2n) is 5.36. The van der Waals surface area contributed by atoms with E-state index in [0.717, 1.165) is 12.8 Å². The third-order valence-corrected chi connectivity index (χ3v) is 3.50. The minimum absolute atomic E-state index is 0.216. The number of rotatable bonds is 9. The molecule has 0 fully saturated rings. The van der Waals surface area contributed by atoms with Crippen molar-refractivity contribution in [3.63, 3.8) is 0 Å². The molecule has 0 atom stereocenters. The van der Waals surface area contributed by atoms with Crippen molar-refractivity contribution in [3.8, 4) is 11.8 Å². The van der Waals surface area contributed by atoms with Crippen LogP contribution < -0.4 is 0 Å². The molecule has 0 saturated carbocycles. The lowest BCUT2D eigenvalue weighted by Gasteiger charge is -2.00. The molecule has 0 saturated heterocycles. The van der Waals surface area contributed by atoms with Crippen LogP contribution in [0.5, 0.6) is 0 Å². The summed E-state index contributed by atoms with van der Waals surface area (Å²) in [5.74, 6) is 5.77. The zero-order valence-corrected chi connectivity index (χ0v) is 12.8. The molecule has 0 unspecified atom stereocenters. The molecule has 0 N–H and O–H groups in total. The van der Waals surface area contributed by atoms with E-state index in [4.69, 9.17) is 0 Å². The smallest absolute Gasteiger partial charge is 0.138 e. The molecule has 0 aliphatic rings. The highest BCUT2D eigenvalue weighted by molar-refractivity contribution is 5.34. The summed E-state index contributed by atoms with van der Waals surface area (Å²) in [4.78, 5) is 0. The summed E-state index contributed by atoms with van der Waals surface area (Å²) in [6.45, 7) is 2.25. The van der Waals surface area contributed by atoms with Crippen LogP contribution in [-0.4, -0.2) is 0 Å². The Morgan fingerprint density at radius 1 is 0.850 bits per heavy atom. The van der Waals surface area contributed by atoms with Crippen LogP contribution in [0.3, 0.4) is 0 Å². The van der Waals surface area contributed by atoms with Gasteiger partial charge >= 0.3 is 0 Å². The van der Waals surface area contributed by atoms with E-state index in [9.17, 15) is 4.39 Å². The van der Waals surface area contributed by atoms with Crippen LogP contribution >= 0.6 is 0 Å². The van der Waals surface area contributed by atoms with Crippen molar-refractivity contribution >= 4 is 0 Å². The second kappa shape index (κ2) is 11.5. The molecule has 0 spiro atoms. The molecule has 0 nitrogen and oxygen atoms in total. The minimum atomic E-state index is -0.216. The van der Waals surface area contributed by atoms with Crippen molar-refractivity contribution in [1.82, 2.24) is 0 Å². The third-order valence-electron chi connectivity index (χ3n) is 3.50. The lowest BCUT2D eigenvalue weighted by atomic mass is 10.1. The fourth-order valence-corrected chi connectivity index (χ4v) is 2.24. The van der Waals surface area contributed by atoms with Crippen LogP contribution in [0, 0.1) is 17.7 Å². The molecule has 1 rings (SSSR count). The van der Waals surface area contributed by atoms with E-state index in [2.05, 4.69) is 18.8 Å². The Labute approximate surface area is 123 Å². The molecule has 0 heterocycles. The maximum Gasteiger partial charge on any atom is 0.138 e. The van der Waals surface area contributed by atoms with Crippen LogP contribution in [0.1, 0.15) is 76.7 Å². The maximum atomic E-state index is 13.3. The first kappa shape index (κ1) is 16.8. The zero-order chi connectivity index (χ0) is 14.5. The minimum Gasteiger partial charge on any atom is -0.206 e. The molecule has 0 aliphatic heterocycles. The van der Waals surface area contributed by atoms with Crippen LogP contribution in [0.4, 0.5) is 4.39 Å². The van der Waals surface area contributed by atoms with Gasteiger partial charge < -0.3 is 0 Å². The Morgan fingerprint density at radius 2 is 1.45 bits per heavy atom. The SMILES string of the molecule is CCCCCCCCCCCC#Cc1ccccc1F. The molecule has 20 heavy (non-hydrogen) atoms. The van der Waals surface area contributed by atoms with E-state index >= 15 is 0 Å². The third kappa shape index (κ3) is 8.00. The van der Waals surface area contributed by atoms with Crippen molar-refractivity contribution in [3.05, 3.63) is 35.6 Å². The quantitative estimate of drug-likeness (QED) is 0.377. The van der Waals surface area contributed by atoms with Crippen molar-refractivity contribution in [1.29, 1.82) is 0 Å². The molecule has 0 radical (unpaired) electrons. The molecular weight excluding hydrogens is 247 g/mol. The van der Waals surface area contributed by atoms with Crippen molar-refractivity contribution < 1.29 is 4.39 Å². The fraction of sp³-hybridized carbons (Fsp3) is 0.579. The van der Waals surface area contributed by atoms with Gasteiger partial charge in [-0.2, -0.15) is 0 Å². The van der Waals surface area contributed by atoms with Gasteiger partial charge in [0.1, 0.15) is 5.82 Å². The second-order valence-corrected chi connectivity index (χ2v) is 5.36. The molecule has 0 aliphatic carbocycles. The Morgan fingerprint density at radius 3 is 2.10 bits per heavy atom. The van der Waals surface area contributed by atoms with Crippen LogP contribution in [0.15, 0.2) is 24.3 Å². The molecule has 1 aromatic carbocycles. The average Bonchev–Trinajstić information content (AvgIpc) is 2.46. The lowest BCUT2D eigenvalue weighted by molar-refractivity contribution is 0.567. The number of benzene rings is 1.